The molecule has 0 bridgehead atoms. The zero-order valence-electron chi connectivity index (χ0n) is 9.30. The number of anilines is 1. The molecule has 1 rings (SSSR count). The van der Waals surface area contributed by atoms with Gasteiger partial charge >= 0.3 is 0 Å². The van der Waals surface area contributed by atoms with Crippen molar-refractivity contribution in [3.8, 4) is 6.07 Å². The van der Waals surface area contributed by atoms with Gasteiger partial charge in [0.15, 0.2) is 0 Å². The van der Waals surface area contributed by atoms with Gasteiger partial charge in [-0.15, -0.1) is 0 Å². The second kappa shape index (κ2) is 5.12. The van der Waals surface area contributed by atoms with E-state index in [0.29, 0.717) is 18.7 Å². The number of nitrogens with zero attached hydrogens (tertiary/aromatic N) is 3. The van der Waals surface area contributed by atoms with E-state index in [4.69, 9.17) is 5.26 Å². The molecule has 0 aliphatic rings. The molecular formula is C11H13N3O2. The van der Waals surface area contributed by atoms with Crippen LogP contribution >= 0.6 is 0 Å². The van der Waals surface area contributed by atoms with Crippen molar-refractivity contribution in [2.45, 2.75) is 13.3 Å². The molecule has 0 fully saturated rings. The summed E-state index contributed by atoms with van der Waals surface area (Å²) in [4.78, 5) is 12.2. The summed E-state index contributed by atoms with van der Waals surface area (Å²) in [5.74, 6) is 0. The molecule has 0 radical (unpaired) electrons. The van der Waals surface area contributed by atoms with Gasteiger partial charge in [0.2, 0.25) is 0 Å². The average molecular weight is 219 g/mol. The predicted molar refractivity (Wildman–Crippen MR) is 61.3 cm³/mol. The lowest BCUT2D eigenvalue weighted by molar-refractivity contribution is -0.384. The quantitative estimate of drug-likeness (QED) is 0.575. The van der Waals surface area contributed by atoms with E-state index in [1.807, 2.05) is 19.1 Å². The van der Waals surface area contributed by atoms with Gasteiger partial charge in [-0.25, -0.2) is 0 Å². The minimum Gasteiger partial charge on any atom is -0.368 e. The molecule has 0 N–H and O–H groups in total. The Balaban J connectivity index is 3.03. The molecule has 0 amide bonds. The van der Waals surface area contributed by atoms with Crippen LogP contribution in [0.25, 0.3) is 0 Å². The molecule has 0 spiro atoms. The third-order valence-electron chi connectivity index (χ3n) is 2.30. The fourth-order valence-electron chi connectivity index (χ4n) is 1.44. The van der Waals surface area contributed by atoms with E-state index < -0.39 is 4.92 Å². The fourth-order valence-corrected chi connectivity index (χ4v) is 1.44. The first-order valence-electron chi connectivity index (χ1n) is 4.89. The summed E-state index contributed by atoms with van der Waals surface area (Å²) in [5.41, 5.74) is 1.48. The van der Waals surface area contributed by atoms with Gasteiger partial charge in [0, 0.05) is 19.7 Å². The summed E-state index contributed by atoms with van der Waals surface area (Å²) >= 11 is 0. The number of hydrogen-bond donors (Lipinski definition) is 0. The monoisotopic (exact) mass is 219 g/mol. The van der Waals surface area contributed by atoms with E-state index in [0.717, 1.165) is 5.56 Å². The summed E-state index contributed by atoms with van der Waals surface area (Å²) < 4.78 is 0. The van der Waals surface area contributed by atoms with Crippen molar-refractivity contribution in [3.05, 3.63) is 33.9 Å². The number of rotatable bonds is 4. The number of benzene rings is 1. The van der Waals surface area contributed by atoms with Crippen LogP contribution in [0.1, 0.15) is 12.0 Å². The zero-order valence-corrected chi connectivity index (χ0v) is 9.30. The van der Waals surface area contributed by atoms with E-state index in [1.165, 1.54) is 6.07 Å². The number of nitro groups is 1. The highest BCUT2D eigenvalue weighted by atomic mass is 16.6. The molecule has 5 nitrogen and oxygen atoms in total. The Morgan fingerprint density at radius 1 is 1.56 bits per heavy atom. The smallest absolute Gasteiger partial charge is 0.292 e. The van der Waals surface area contributed by atoms with Crippen molar-refractivity contribution in [2.24, 2.45) is 0 Å². The third kappa shape index (κ3) is 2.70. The van der Waals surface area contributed by atoms with Crippen molar-refractivity contribution in [1.29, 1.82) is 5.26 Å². The highest BCUT2D eigenvalue weighted by Crippen LogP contribution is 2.28. The molecule has 5 heteroatoms. The Bertz CT molecular complexity index is 437. The first kappa shape index (κ1) is 12.0. The average Bonchev–Trinajstić information content (AvgIpc) is 2.25. The number of nitriles is 1. The Morgan fingerprint density at radius 2 is 2.25 bits per heavy atom. The van der Waals surface area contributed by atoms with E-state index in [-0.39, 0.29) is 5.69 Å². The van der Waals surface area contributed by atoms with Crippen LogP contribution in [0.5, 0.6) is 0 Å². The van der Waals surface area contributed by atoms with Crippen LogP contribution in [-0.4, -0.2) is 18.5 Å². The Morgan fingerprint density at radius 3 is 2.81 bits per heavy atom. The first-order valence-corrected chi connectivity index (χ1v) is 4.89. The van der Waals surface area contributed by atoms with E-state index in [9.17, 15) is 10.1 Å². The van der Waals surface area contributed by atoms with Crippen molar-refractivity contribution in [2.75, 3.05) is 18.5 Å². The van der Waals surface area contributed by atoms with Gasteiger partial charge in [0.25, 0.3) is 5.69 Å². The Hall–Kier alpha value is -2.09. The van der Waals surface area contributed by atoms with Crippen molar-refractivity contribution in [3.63, 3.8) is 0 Å². The van der Waals surface area contributed by atoms with Gasteiger partial charge in [-0.05, 0) is 18.6 Å². The van der Waals surface area contributed by atoms with Crippen LogP contribution in [0.3, 0.4) is 0 Å². The van der Waals surface area contributed by atoms with Gasteiger partial charge < -0.3 is 4.90 Å². The topological polar surface area (TPSA) is 70.2 Å². The second-order valence-electron chi connectivity index (χ2n) is 3.58. The van der Waals surface area contributed by atoms with Crippen molar-refractivity contribution < 1.29 is 4.92 Å². The highest BCUT2D eigenvalue weighted by molar-refractivity contribution is 5.63. The lowest BCUT2D eigenvalue weighted by Gasteiger charge is -2.17. The lowest BCUT2D eigenvalue weighted by atomic mass is 10.2. The molecule has 0 aliphatic heterocycles. The second-order valence-corrected chi connectivity index (χ2v) is 3.58. The van der Waals surface area contributed by atoms with Gasteiger partial charge in [0.05, 0.1) is 17.4 Å². The molecule has 0 aromatic heterocycles. The fraction of sp³-hybridized carbons (Fsp3) is 0.364. The zero-order chi connectivity index (χ0) is 12.1. The minimum absolute atomic E-state index is 0.0837. The maximum absolute atomic E-state index is 10.9. The molecule has 0 aliphatic carbocycles. The van der Waals surface area contributed by atoms with Crippen molar-refractivity contribution >= 4 is 11.4 Å². The van der Waals surface area contributed by atoms with Gasteiger partial charge in [-0.3, -0.25) is 10.1 Å². The van der Waals surface area contributed by atoms with Crippen molar-refractivity contribution in [1.82, 2.24) is 0 Å². The van der Waals surface area contributed by atoms with E-state index >= 15 is 0 Å². The maximum atomic E-state index is 10.9. The van der Waals surface area contributed by atoms with Gasteiger partial charge in [0.1, 0.15) is 5.69 Å². The highest BCUT2D eigenvalue weighted by Gasteiger charge is 2.16. The third-order valence-corrected chi connectivity index (χ3v) is 2.30. The van der Waals surface area contributed by atoms with Crippen LogP contribution in [0.2, 0.25) is 0 Å². The summed E-state index contributed by atoms with van der Waals surface area (Å²) in [7, 11) is 1.75. The maximum Gasteiger partial charge on any atom is 0.292 e. The van der Waals surface area contributed by atoms with Crippen LogP contribution in [0, 0.1) is 28.4 Å². The SMILES string of the molecule is Cc1ccc(N(C)CCC#N)c([N+](=O)[O-])c1. The molecule has 0 unspecified atom stereocenters. The summed E-state index contributed by atoms with van der Waals surface area (Å²) in [6.45, 7) is 2.30. The van der Waals surface area contributed by atoms with Crippen LogP contribution < -0.4 is 4.90 Å². The first-order chi connectivity index (χ1) is 7.56. The molecular weight excluding hydrogens is 206 g/mol. The molecule has 0 heterocycles. The number of hydrogen-bond acceptors (Lipinski definition) is 4. The summed E-state index contributed by atoms with van der Waals surface area (Å²) in [5, 5.41) is 19.3. The van der Waals surface area contributed by atoms with Crippen LogP contribution in [0.15, 0.2) is 18.2 Å². The van der Waals surface area contributed by atoms with Crippen LogP contribution in [-0.2, 0) is 0 Å². The summed E-state index contributed by atoms with van der Waals surface area (Å²) in [6.07, 6.45) is 0.349. The Labute approximate surface area is 94.1 Å². The van der Waals surface area contributed by atoms with E-state index in [1.54, 1.807) is 18.0 Å². The molecule has 84 valence electrons. The molecule has 0 saturated heterocycles. The molecule has 1 aromatic carbocycles. The molecule has 0 atom stereocenters. The Kier molecular flexibility index (Phi) is 3.84. The number of nitro benzene ring substituents is 1. The van der Waals surface area contributed by atoms with E-state index in [2.05, 4.69) is 0 Å². The lowest BCUT2D eigenvalue weighted by Crippen LogP contribution is -2.19. The summed E-state index contributed by atoms with van der Waals surface area (Å²) in [6, 6.07) is 7.09. The van der Waals surface area contributed by atoms with Gasteiger partial charge in [-0.1, -0.05) is 6.07 Å². The van der Waals surface area contributed by atoms with Gasteiger partial charge in [-0.2, -0.15) is 5.26 Å². The van der Waals surface area contributed by atoms with Crippen LogP contribution in [0.4, 0.5) is 11.4 Å². The predicted octanol–water partition coefficient (Wildman–Crippen LogP) is 2.25. The number of aryl methyl sites for hydroxylation is 1. The largest absolute Gasteiger partial charge is 0.368 e. The molecule has 1 aromatic rings. The minimum atomic E-state index is -0.398. The molecule has 0 saturated carbocycles. The standard InChI is InChI=1S/C11H13N3O2/c1-9-4-5-10(11(8-9)14(15)16)13(2)7-3-6-12/h4-5,8H,3,7H2,1-2H3. The normalized spacial score (nSPS) is 9.56. The molecule has 16 heavy (non-hydrogen) atoms.